The molecule has 2 nitrogen and oxygen atoms in total. The summed E-state index contributed by atoms with van der Waals surface area (Å²) in [5.41, 5.74) is 0. The van der Waals surface area contributed by atoms with Crippen LogP contribution in [0.2, 0.25) is 5.32 Å². The van der Waals surface area contributed by atoms with Crippen molar-refractivity contribution in [1.29, 1.82) is 0 Å². The summed E-state index contributed by atoms with van der Waals surface area (Å²) < 4.78 is 4.28. The van der Waals surface area contributed by atoms with Crippen molar-refractivity contribution in [3.8, 4) is 0 Å². The van der Waals surface area contributed by atoms with Gasteiger partial charge in [0.15, 0.2) is 0 Å². The van der Waals surface area contributed by atoms with Gasteiger partial charge in [0.05, 0.1) is 0 Å². The number of halogens is 1. The van der Waals surface area contributed by atoms with Gasteiger partial charge in [-0.3, -0.25) is 0 Å². The molecule has 0 aromatic rings. The van der Waals surface area contributed by atoms with Crippen LogP contribution >= 0.6 is 10.1 Å². The van der Waals surface area contributed by atoms with Crippen molar-refractivity contribution in [1.82, 2.24) is 0 Å². The first kappa shape index (κ1) is 7.28. The van der Waals surface area contributed by atoms with Crippen LogP contribution in [0.3, 0.4) is 0 Å². The molecule has 0 aromatic heterocycles. The molecule has 4 heteroatoms. The minimum absolute atomic E-state index is 0.104. The monoisotopic (exact) mass is 188 g/mol. The number of hydrogen-bond donors (Lipinski definition) is 0. The van der Waals surface area contributed by atoms with E-state index >= 15 is 0 Å². The normalized spacial score (nSPS) is 8.29. The van der Waals surface area contributed by atoms with E-state index in [1.54, 1.807) is 0 Å². The van der Waals surface area contributed by atoms with E-state index in [1.807, 2.05) is 0 Å². The van der Waals surface area contributed by atoms with Crippen LogP contribution in [0.25, 0.3) is 0 Å². The second kappa shape index (κ2) is 4.44. The van der Waals surface area contributed by atoms with Crippen molar-refractivity contribution >= 4 is 30.1 Å². The summed E-state index contributed by atoms with van der Waals surface area (Å²) in [5, 5.41) is 0.366. The summed E-state index contributed by atoms with van der Waals surface area (Å²) in [4.78, 5) is 10.1. The summed E-state index contributed by atoms with van der Waals surface area (Å²) in [6, 6.07) is 0. The molecule has 0 radical (unpaired) electrons. The molecule has 0 aliphatic carbocycles. The zero-order valence-electron chi connectivity index (χ0n) is 3.81. The zero-order chi connectivity index (χ0) is 5.70. The van der Waals surface area contributed by atoms with E-state index in [0.717, 1.165) is 0 Å². The molecular weight excluding hydrogens is 182 g/mol. The number of carbonyl (C=O) groups excluding carboxylic acids is 1. The second-order valence-electron chi connectivity index (χ2n) is 0.830. The van der Waals surface area contributed by atoms with Gasteiger partial charge in [0.25, 0.3) is 0 Å². The number of esters is 1. The van der Waals surface area contributed by atoms with Crippen molar-refractivity contribution in [3.63, 3.8) is 0 Å². The zero-order valence-corrected chi connectivity index (χ0v) is 6.28. The fraction of sp³-hybridized carbons (Fsp3) is 0.667. The Kier molecular flexibility index (Phi) is 4.62. The van der Waals surface area contributed by atoms with E-state index < -0.39 is 0 Å². The molecule has 0 saturated carbocycles. The average Bonchev–Trinajstić information content (AvgIpc) is 1.68. The fourth-order valence-corrected chi connectivity index (χ4v) is 1.00. The van der Waals surface area contributed by atoms with Gasteiger partial charge >= 0.3 is 52.1 Å². The van der Waals surface area contributed by atoms with Gasteiger partial charge in [-0.05, 0) is 0 Å². The van der Waals surface area contributed by atoms with Crippen LogP contribution in [0.5, 0.6) is 0 Å². The average molecular weight is 187 g/mol. The van der Waals surface area contributed by atoms with Gasteiger partial charge in [-0.1, -0.05) is 0 Å². The number of hydrogen-bond acceptors (Lipinski definition) is 2. The first-order chi connectivity index (χ1) is 3.31. The SMILES string of the molecule is COC(=O)C[Se]Cl. The minimum atomic E-state index is -0.227. The number of methoxy groups -OCH3 is 1. The number of rotatable bonds is 2. The predicted octanol–water partition coefficient (Wildman–Crippen LogP) is 0.436. The van der Waals surface area contributed by atoms with E-state index in [9.17, 15) is 4.79 Å². The van der Waals surface area contributed by atoms with E-state index in [0.29, 0.717) is 5.32 Å². The number of ether oxygens (including phenoxy) is 1. The first-order valence-corrected chi connectivity index (χ1v) is 5.08. The Morgan fingerprint density at radius 1 is 2.00 bits per heavy atom. The van der Waals surface area contributed by atoms with Crippen molar-refractivity contribution in [2.75, 3.05) is 7.11 Å². The standard InChI is InChI=1S/C3H5ClO2Se/c1-6-3(5)2-7-4/h2H2,1H3. The van der Waals surface area contributed by atoms with Gasteiger partial charge in [-0.25, -0.2) is 0 Å². The molecule has 0 saturated heterocycles. The third-order valence-corrected chi connectivity index (χ3v) is 1.69. The van der Waals surface area contributed by atoms with Gasteiger partial charge in [-0.15, -0.1) is 0 Å². The molecule has 42 valence electrons. The van der Waals surface area contributed by atoms with Crippen LogP contribution in [-0.2, 0) is 9.53 Å². The first-order valence-electron chi connectivity index (χ1n) is 1.61. The van der Waals surface area contributed by atoms with Gasteiger partial charge in [0.2, 0.25) is 0 Å². The fourth-order valence-electron chi connectivity index (χ4n) is 0.103. The Bertz CT molecular complexity index is 66.0. The maximum absolute atomic E-state index is 10.1. The van der Waals surface area contributed by atoms with Crippen LogP contribution in [0.1, 0.15) is 0 Å². The Labute approximate surface area is 52.6 Å². The molecule has 0 atom stereocenters. The molecule has 0 bridgehead atoms. The van der Waals surface area contributed by atoms with Crippen LogP contribution in [0.15, 0.2) is 0 Å². The third-order valence-electron chi connectivity index (χ3n) is 0.400. The Morgan fingerprint density at radius 2 is 2.57 bits per heavy atom. The Hall–Kier alpha value is 0.279. The Balaban J connectivity index is 3.00. The van der Waals surface area contributed by atoms with E-state index in [-0.39, 0.29) is 20.0 Å². The summed E-state index contributed by atoms with van der Waals surface area (Å²) in [6.07, 6.45) is 0. The molecule has 7 heavy (non-hydrogen) atoms. The van der Waals surface area contributed by atoms with Crippen LogP contribution in [0, 0.1) is 0 Å². The van der Waals surface area contributed by atoms with Crippen molar-refractivity contribution in [2.24, 2.45) is 0 Å². The summed E-state index contributed by atoms with van der Waals surface area (Å²) in [6.45, 7) is 0. The van der Waals surface area contributed by atoms with E-state index in [4.69, 9.17) is 10.1 Å². The summed E-state index contributed by atoms with van der Waals surface area (Å²) in [5.74, 6) is -0.227. The molecule has 0 spiro atoms. The Morgan fingerprint density at radius 3 is 2.71 bits per heavy atom. The van der Waals surface area contributed by atoms with E-state index in [2.05, 4.69) is 4.74 Å². The quantitative estimate of drug-likeness (QED) is 0.463. The molecule has 0 aliphatic rings. The molecule has 0 heterocycles. The van der Waals surface area contributed by atoms with E-state index in [1.165, 1.54) is 7.11 Å². The topological polar surface area (TPSA) is 26.3 Å². The van der Waals surface area contributed by atoms with Crippen molar-refractivity contribution < 1.29 is 9.53 Å². The van der Waals surface area contributed by atoms with Crippen molar-refractivity contribution in [3.05, 3.63) is 0 Å². The summed E-state index contributed by atoms with van der Waals surface area (Å²) >= 11 is -0.104. The molecular formula is C3H5ClO2Se. The molecule has 0 rings (SSSR count). The predicted molar refractivity (Wildman–Crippen MR) is 28.4 cm³/mol. The van der Waals surface area contributed by atoms with Crippen LogP contribution in [-0.4, -0.2) is 27.1 Å². The molecule has 0 unspecified atom stereocenters. The second-order valence-corrected chi connectivity index (χ2v) is 3.03. The van der Waals surface area contributed by atoms with Crippen LogP contribution < -0.4 is 0 Å². The molecule has 0 aromatic carbocycles. The maximum atomic E-state index is 10.1. The van der Waals surface area contributed by atoms with Crippen LogP contribution in [0.4, 0.5) is 0 Å². The van der Waals surface area contributed by atoms with Gasteiger partial charge in [0, 0.05) is 0 Å². The van der Waals surface area contributed by atoms with Gasteiger partial charge in [0.1, 0.15) is 0 Å². The van der Waals surface area contributed by atoms with Gasteiger partial charge < -0.3 is 0 Å². The molecule has 0 aliphatic heterocycles. The summed E-state index contributed by atoms with van der Waals surface area (Å²) in [7, 11) is 6.59. The molecule has 0 fully saturated rings. The third kappa shape index (κ3) is 4.13. The number of carbonyl (C=O) groups is 1. The molecule has 0 N–H and O–H groups in total. The molecule has 0 amide bonds. The van der Waals surface area contributed by atoms with Gasteiger partial charge in [-0.2, -0.15) is 0 Å². The van der Waals surface area contributed by atoms with Crippen molar-refractivity contribution in [2.45, 2.75) is 5.32 Å².